The zero-order valence-corrected chi connectivity index (χ0v) is 15.9. The maximum Gasteiger partial charge on any atom is 0.343 e. The van der Waals surface area contributed by atoms with Crippen molar-refractivity contribution in [2.24, 2.45) is 5.10 Å². The van der Waals surface area contributed by atoms with Gasteiger partial charge in [0.2, 0.25) is 0 Å². The van der Waals surface area contributed by atoms with Crippen LogP contribution in [0.25, 0.3) is 0 Å². The number of ether oxygens (including phenoxy) is 2. The lowest BCUT2D eigenvalue weighted by molar-refractivity contribution is -0.123. The summed E-state index contributed by atoms with van der Waals surface area (Å²) in [6.45, 7) is 1.78. The number of rotatable bonds is 7. The third-order valence-electron chi connectivity index (χ3n) is 3.96. The van der Waals surface area contributed by atoms with E-state index in [0.717, 1.165) is 11.1 Å². The molecular formula is C23H20N2O4. The second-order valence-corrected chi connectivity index (χ2v) is 6.17. The molecule has 1 amide bonds. The van der Waals surface area contributed by atoms with E-state index in [4.69, 9.17) is 9.47 Å². The van der Waals surface area contributed by atoms with Crippen LogP contribution in [0.2, 0.25) is 0 Å². The van der Waals surface area contributed by atoms with Crippen LogP contribution in [0.15, 0.2) is 84.0 Å². The Balaban J connectivity index is 1.46. The Labute approximate surface area is 168 Å². The molecule has 0 aliphatic heterocycles. The summed E-state index contributed by atoms with van der Waals surface area (Å²) in [5.41, 5.74) is 4.59. The van der Waals surface area contributed by atoms with E-state index < -0.39 is 5.97 Å². The summed E-state index contributed by atoms with van der Waals surface area (Å²) in [6.07, 6.45) is 1.49. The molecule has 0 bridgehead atoms. The van der Waals surface area contributed by atoms with Crippen molar-refractivity contribution < 1.29 is 19.1 Å². The van der Waals surface area contributed by atoms with Gasteiger partial charge in [0.05, 0.1) is 11.8 Å². The Kier molecular flexibility index (Phi) is 6.73. The molecule has 0 spiro atoms. The fourth-order valence-electron chi connectivity index (χ4n) is 2.43. The molecule has 0 atom stereocenters. The molecule has 6 heteroatoms. The van der Waals surface area contributed by atoms with Crippen LogP contribution in [0, 0.1) is 6.92 Å². The summed E-state index contributed by atoms with van der Waals surface area (Å²) in [5.74, 6) is 0.296. The highest BCUT2D eigenvalue weighted by atomic mass is 16.5. The van der Waals surface area contributed by atoms with Crippen LogP contribution in [-0.4, -0.2) is 24.7 Å². The van der Waals surface area contributed by atoms with Crippen LogP contribution in [0.3, 0.4) is 0 Å². The maximum absolute atomic E-state index is 12.0. The highest BCUT2D eigenvalue weighted by Crippen LogP contribution is 2.16. The fourth-order valence-corrected chi connectivity index (χ4v) is 2.43. The first-order chi connectivity index (χ1) is 14.1. The number of carbonyl (C=O) groups is 2. The number of hydrazone groups is 1. The number of para-hydroxylation sites is 1. The lowest BCUT2D eigenvalue weighted by Gasteiger charge is -2.07. The van der Waals surface area contributed by atoms with Gasteiger partial charge < -0.3 is 9.47 Å². The van der Waals surface area contributed by atoms with E-state index in [0.29, 0.717) is 17.1 Å². The average molecular weight is 388 g/mol. The van der Waals surface area contributed by atoms with Crippen molar-refractivity contribution in [3.8, 4) is 11.5 Å². The van der Waals surface area contributed by atoms with Crippen molar-refractivity contribution in [1.82, 2.24) is 5.43 Å². The Hall–Kier alpha value is -3.93. The summed E-state index contributed by atoms with van der Waals surface area (Å²) in [6, 6.07) is 23.0. The minimum absolute atomic E-state index is 0.128. The topological polar surface area (TPSA) is 77.0 Å². The molecule has 146 valence electrons. The van der Waals surface area contributed by atoms with Crippen molar-refractivity contribution >= 4 is 18.1 Å². The standard InChI is InChI=1S/C23H20N2O4/c1-17-7-5-6-10-21(17)28-16-22(26)25-24-15-18-11-13-20(14-12-18)29-23(27)19-8-3-2-4-9-19/h2-15H,16H2,1H3,(H,25,26)/b24-15+. The van der Waals surface area contributed by atoms with Crippen LogP contribution < -0.4 is 14.9 Å². The average Bonchev–Trinajstić information content (AvgIpc) is 2.75. The first-order valence-electron chi connectivity index (χ1n) is 8.99. The second-order valence-electron chi connectivity index (χ2n) is 6.17. The molecule has 0 saturated carbocycles. The predicted octanol–water partition coefficient (Wildman–Crippen LogP) is 3.74. The highest BCUT2D eigenvalue weighted by molar-refractivity contribution is 5.91. The number of aryl methyl sites for hydroxylation is 1. The zero-order chi connectivity index (χ0) is 20.5. The van der Waals surface area contributed by atoms with Gasteiger partial charge in [0.1, 0.15) is 11.5 Å². The fraction of sp³-hybridized carbons (Fsp3) is 0.0870. The first-order valence-corrected chi connectivity index (χ1v) is 8.99. The number of esters is 1. The summed E-state index contributed by atoms with van der Waals surface area (Å²) in [5, 5.41) is 3.90. The van der Waals surface area contributed by atoms with Gasteiger partial charge in [-0.2, -0.15) is 5.10 Å². The summed E-state index contributed by atoms with van der Waals surface area (Å²) in [4.78, 5) is 23.8. The van der Waals surface area contributed by atoms with E-state index >= 15 is 0 Å². The van der Waals surface area contributed by atoms with E-state index in [1.807, 2.05) is 31.2 Å². The number of amides is 1. The number of nitrogens with one attached hydrogen (secondary N) is 1. The van der Waals surface area contributed by atoms with Gasteiger partial charge in [0.25, 0.3) is 5.91 Å². The van der Waals surface area contributed by atoms with Crippen LogP contribution in [0.4, 0.5) is 0 Å². The summed E-state index contributed by atoms with van der Waals surface area (Å²) in [7, 11) is 0. The normalized spacial score (nSPS) is 10.5. The van der Waals surface area contributed by atoms with Gasteiger partial charge in [0, 0.05) is 0 Å². The van der Waals surface area contributed by atoms with Crippen molar-refractivity contribution in [2.75, 3.05) is 6.61 Å². The SMILES string of the molecule is Cc1ccccc1OCC(=O)N/N=C/c1ccc(OC(=O)c2ccccc2)cc1. The summed E-state index contributed by atoms with van der Waals surface area (Å²) < 4.78 is 10.8. The van der Waals surface area contributed by atoms with Crippen LogP contribution in [0.5, 0.6) is 11.5 Å². The second kappa shape index (κ2) is 9.85. The Morgan fingerprint density at radius 1 is 0.931 bits per heavy atom. The highest BCUT2D eigenvalue weighted by Gasteiger charge is 2.07. The van der Waals surface area contributed by atoms with Gasteiger partial charge in [0.15, 0.2) is 6.61 Å². The number of hydrogen-bond donors (Lipinski definition) is 1. The van der Waals surface area contributed by atoms with Crippen molar-refractivity contribution in [3.05, 3.63) is 95.6 Å². The van der Waals surface area contributed by atoms with E-state index in [-0.39, 0.29) is 12.5 Å². The monoisotopic (exact) mass is 388 g/mol. The van der Waals surface area contributed by atoms with Crippen LogP contribution >= 0.6 is 0 Å². The van der Waals surface area contributed by atoms with Crippen molar-refractivity contribution in [2.45, 2.75) is 6.92 Å². The van der Waals surface area contributed by atoms with E-state index in [1.165, 1.54) is 6.21 Å². The van der Waals surface area contributed by atoms with Crippen molar-refractivity contribution in [1.29, 1.82) is 0 Å². The van der Waals surface area contributed by atoms with Gasteiger partial charge in [-0.15, -0.1) is 0 Å². The smallest absolute Gasteiger partial charge is 0.343 e. The molecule has 0 aliphatic carbocycles. The van der Waals surface area contributed by atoms with Gasteiger partial charge in [-0.1, -0.05) is 36.4 Å². The molecule has 6 nitrogen and oxygen atoms in total. The molecule has 0 aromatic heterocycles. The van der Waals surface area contributed by atoms with E-state index in [9.17, 15) is 9.59 Å². The predicted molar refractivity (Wildman–Crippen MR) is 110 cm³/mol. The molecule has 3 rings (SSSR count). The first kappa shape index (κ1) is 19.8. The number of benzene rings is 3. The molecule has 0 fully saturated rings. The van der Waals surface area contributed by atoms with E-state index in [1.54, 1.807) is 54.6 Å². The Morgan fingerprint density at radius 2 is 1.62 bits per heavy atom. The molecular weight excluding hydrogens is 368 g/mol. The zero-order valence-electron chi connectivity index (χ0n) is 15.9. The van der Waals surface area contributed by atoms with Crippen LogP contribution in [0.1, 0.15) is 21.5 Å². The number of carbonyl (C=O) groups excluding carboxylic acids is 2. The third-order valence-corrected chi connectivity index (χ3v) is 3.96. The third kappa shape index (κ3) is 6.04. The van der Waals surface area contributed by atoms with E-state index in [2.05, 4.69) is 10.5 Å². The molecule has 3 aromatic carbocycles. The Bertz CT molecular complexity index is 999. The quantitative estimate of drug-likeness (QED) is 0.289. The molecule has 0 radical (unpaired) electrons. The largest absolute Gasteiger partial charge is 0.483 e. The lowest BCUT2D eigenvalue weighted by atomic mass is 10.2. The van der Waals surface area contributed by atoms with Gasteiger partial charge in [-0.05, 0) is 60.5 Å². The minimum atomic E-state index is -0.423. The van der Waals surface area contributed by atoms with Gasteiger partial charge in [-0.3, -0.25) is 4.79 Å². The Morgan fingerprint density at radius 3 is 2.34 bits per heavy atom. The van der Waals surface area contributed by atoms with Crippen LogP contribution in [-0.2, 0) is 4.79 Å². The lowest BCUT2D eigenvalue weighted by Crippen LogP contribution is -2.24. The molecule has 0 unspecified atom stereocenters. The number of nitrogens with zero attached hydrogens (tertiary/aromatic N) is 1. The summed E-state index contributed by atoms with van der Waals surface area (Å²) >= 11 is 0. The maximum atomic E-state index is 12.0. The number of hydrogen-bond acceptors (Lipinski definition) is 5. The molecule has 0 aliphatic rings. The molecule has 1 N–H and O–H groups in total. The minimum Gasteiger partial charge on any atom is -0.483 e. The van der Waals surface area contributed by atoms with Gasteiger partial charge >= 0.3 is 5.97 Å². The van der Waals surface area contributed by atoms with Gasteiger partial charge in [-0.25, -0.2) is 10.2 Å². The molecule has 0 heterocycles. The molecule has 0 saturated heterocycles. The molecule has 3 aromatic rings. The van der Waals surface area contributed by atoms with Crippen molar-refractivity contribution in [3.63, 3.8) is 0 Å². The molecule has 29 heavy (non-hydrogen) atoms.